The number of aryl methyl sites for hydroxylation is 1. The number of nitrogens with one attached hydrogen (secondary N) is 2. The van der Waals surface area contributed by atoms with E-state index in [9.17, 15) is 14.4 Å². The van der Waals surface area contributed by atoms with E-state index in [0.29, 0.717) is 37.6 Å². The van der Waals surface area contributed by atoms with Gasteiger partial charge in [-0.1, -0.05) is 19.9 Å². The molecule has 4 aromatic rings. The van der Waals surface area contributed by atoms with Gasteiger partial charge < -0.3 is 34.1 Å². The second-order valence-electron chi connectivity index (χ2n) is 18.8. The molecule has 1 saturated carbocycles. The number of nitrogens with zero attached hydrogens (tertiary/aromatic N) is 7. The number of cyclic esters (lactones) is 1. The number of amides is 2. The SMILES string of the molecule is CCn1c(-c2cc(N3CCN(C)CC3)cnc2[C@H](C)OC)c2c3cc(ccc31)-c1csc(n1)C[C@H](NC(=O)C1[C@H]3CN(C)C[C@@H]13)C(=O)N1CCC[C@H](N1)C(=O)OCC(C)(C)C2. The molecule has 326 valence electrons. The minimum atomic E-state index is -0.834. The van der Waals surface area contributed by atoms with Crippen molar-refractivity contribution in [3.8, 4) is 22.5 Å². The first-order valence-corrected chi connectivity index (χ1v) is 23.0. The summed E-state index contributed by atoms with van der Waals surface area (Å²) in [5, 5.41) is 8.60. The number of methoxy groups -OCH3 is 1. The fraction of sp³-hybridized carbons (Fsp3) is 0.587. The van der Waals surface area contributed by atoms with E-state index in [0.717, 1.165) is 101 Å². The van der Waals surface area contributed by atoms with E-state index < -0.39 is 17.5 Å². The summed E-state index contributed by atoms with van der Waals surface area (Å²) in [6.07, 6.45) is 3.79. The molecule has 3 saturated heterocycles. The fourth-order valence-corrected chi connectivity index (χ4v) is 11.1. The topological polar surface area (TPSA) is 137 Å². The minimum Gasteiger partial charge on any atom is -0.464 e. The zero-order valence-electron chi connectivity index (χ0n) is 36.7. The van der Waals surface area contributed by atoms with Gasteiger partial charge in [0.15, 0.2) is 0 Å². The van der Waals surface area contributed by atoms with Crippen LogP contribution in [0.25, 0.3) is 33.4 Å². The summed E-state index contributed by atoms with van der Waals surface area (Å²) in [5.74, 6) is -0.138. The van der Waals surface area contributed by atoms with Crippen molar-refractivity contribution in [3.05, 3.63) is 52.1 Å². The van der Waals surface area contributed by atoms with Crippen LogP contribution in [0.5, 0.6) is 0 Å². The molecule has 6 bridgehead atoms. The van der Waals surface area contributed by atoms with E-state index in [2.05, 4.69) is 101 Å². The molecular formula is C46H61N9O5S. The number of rotatable bonds is 7. The van der Waals surface area contributed by atoms with Crippen LogP contribution >= 0.6 is 11.3 Å². The summed E-state index contributed by atoms with van der Waals surface area (Å²) in [5.41, 5.74) is 10.9. The second kappa shape index (κ2) is 16.7. The maximum atomic E-state index is 14.3. The summed E-state index contributed by atoms with van der Waals surface area (Å²) in [6, 6.07) is 7.36. The van der Waals surface area contributed by atoms with Crippen LogP contribution in [0.1, 0.15) is 62.9 Å². The van der Waals surface area contributed by atoms with Crippen LogP contribution in [0.3, 0.4) is 0 Å². The average molecular weight is 852 g/mol. The number of hydrazine groups is 1. The number of hydrogen-bond donors (Lipinski definition) is 2. The molecule has 1 aliphatic carbocycles. The maximum absolute atomic E-state index is 14.3. The van der Waals surface area contributed by atoms with E-state index in [4.69, 9.17) is 19.4 Å². The van der Waals surface area contributed by atoms with E-state index >= 15 is 0 Å². The summed E-state index contributed by atoms with van der Waals surface area (Å²) < 4.78 is 14.5. The quantitative estimate of drug-likeness (QED) is 0.249. The molecule has 9 rings (SSSR count). The van der Waals surface area contributed by atoms with Gasteiger partial charge in [-0.2, -0.15) is 0 Å². The number of aromatic nitrogens is 3. The molecular weight excluding hydrogens is 791 g/mol. The number of hydrogen-bond acceptors (Lipinski definition) is 12. The molecule has 2 amide bonds. The summed E-state index contributed by atoms with van der Waals surface area (Å²) in [7, 11) is 5.98. The van der Waals surface area contributed by atoms with Gasteiger partial charge in [0.25, 0.3) is 5.91 Å². The number of thiazole rings is 1. The zero-order chi connectivity index (χ0) is 42.7. The number of anilines is 1. The summed E-state index contributed by atoms with van der Waals surface area (Å²) in [6.45, 7) is 15.5. The van der Waals surface area contributed by atoms with Crippen LogP contribution in [-0.4, -0.2) is 133 Å². The highest BCUT2D eigenvalue weighted by atomic mass is 32.1. The Bertz CT molecular complexity index is 2300. The number of piperazine rings is 1. The lowest BCUT2D eigenvalue weighted by Gasteiger charge is -2.35. The molecule has 4 fully saturated rings. The number of benzene rings is 1. The Morgan fingerprint density at radius 3 is 2.59 bits per heavy atom. The molecule has 2 N–H and O–H groups in total. The second-order valence-corrected chi connectivity index (χ2v) is 19.8. The zero-order valence-corrected chi connectivity index (χ0v) is 37.5. The number of likely N-dealkylation sites (N-methyl/N-ethyl adjacent to an activating group) is 1. The normalized spacial score (nSPS) is 26.5. The third kappa shape index (κ3) is 8.19. The molecule has 1 unspecified atom stereocenters. The first-order chi connectivity index (χ1) is 29.3. The number of piperidine rings is 1. The lowest BCUT2D eigenvalue weighted by atomic mass is 9.84. The lowest BCUT2D eigenvalue weighted by molar-refractivity contribution is -0.155. The Hall–Kier alpha value is -4.41. The van der Waals surface area contributed by atoms with Crippen LogP contribution < -0.4 is 15.6 Å². The van der Waals surface area contributed by atoms with Crippen LogP contribution in [-0.2, 0) is 43.2 Å². The van der Waals surface area contributed by atoms with Crippen LogP contribution in [0.2, 0.25) is 0 Å². The van der Waals surface area contributed by atoms with Gasteiger partial charge in [-0.25, -0.2) is 10.4 Å². The lowest BCUT2D eigenvalue weighted by Crippen LogP contribution is -2.60. The number of fused-ring (bicyclic) bond motifs is 7. The van der Waals surface area contributed by atoms with Crippen molar-refractivity contribution < 1.29 is 23.9 Å². The Kier molecular flexibility index (Phi) is 11.5. The molecule has 7 heterocycles. The van der Waals surface area contributed by atoms with Gasteiger partial charge in [0.05, 0.1) is 46.7 Å². The van der Waals surface area contributed by atoms with Crippen molar-refractivity contribution in [1.82, 2.24) is 40.1 Å². The highest BCUT2D eigenvalue weighted by Crippen LogP contribution is 2.51. The van der Waals surface area contributed by atoms with Crippen molar-refractivity contribution in [2.45, 2.75) is 78.1 Å². The number of pyridine rings is 1. The van der Waals surface area contributed by atoms with Gasteiger partial charge in [0, 0.05) is 105 Å². The van der Waals surface area contributed by atoms with Gasteiger partial charge in [0.2, 0.25) is 5.91 Å². The van der Waals surface area contributed by atoms with Crippen molar-refractivity contribution in [3.63, 3.8) is 0 Å². The largest absolute Gasteiger partial charge is 0.464 e. The first-order valence-electron chi connectivity index (χ1n) is 22.1. The summed E-state index contributed by atoms with van der Waals surface area (Å²) in [4.78, 5) is 59.2. The summed E-state index contributed by atoms with van der Waals surface area (Å²) >= 11 is 1.50. The van der Waals surface area contributed by atoms with Crippen molar-refractivity contribution in [2.24, 2.45) is 23.2 Å². The van der Waals surface area contributed by atoms with Crippen molar-refractivity contribution >= 4 is 45.7 Å². The maximum Gasteiger partial charge on any atom is 0.324 e. The van der Waals surface area contributed by atoms with Gasteiger partial charge in [-0.3, -0.25) is 24.4 Å². The van der Waals surface area contributed by atoms with Crippen molar-refractivity contribution in [2.75, 3.05) is 78.5 Å². The molecule has 5 aliphatic rings. The number of likely N-dealkylation sites (tertiary alicyclic amines) is 1. The smallest absolute Gasteiger partial charge is 0.324 e. The van der Waals surface area contributed by atoms with E-state index in [1.165, 1.54) is 16.3 Å². The Labute approximate surface area is 362 Å². The number of ether oxygens (including phenoxy) is 2. The number of carbonyl (C=O) groups excluding carboxylic acids is 3. The average Bonchev–Trinajstić information content (AvgIpc) is 3.54. The molecule has 6 atom stereocenters. The molecule has 4 aliphatic heterocycles. The predicted octanol–water partition coefficient (Wildman–Crippen LogP) is 4.76. The van der Waals surface area contributed by atoms with E-state index in [-0.39, 0.29) is 42.8 Å². The van der Waals surface area contributed by atoms with Gasteiger partial charge in [-0.05, 0) is 82.8 Å². The van der Waals surface area contributed by atoms with Crippen molar-refractivity contribution in [1.29, 1.82) is 0 Å². The van der Waals surface area contributed by atoms with Crippen LogP contribution in [0, 0.1) is 23.2 Å². The highest BCUT2D eigenvalue weighted by Gasteiger charge is 2.59. The Morgan fingerprint density at radius 2 is 1.85 bits per heavy atom. The molecule has 15 heteroatoms. The standard InChI is InChI=1S/C46H61N9O5S/c1-8-54-38-12-11-28-18-30(38)32(42(54)31-19-29(22-47-41(31)27(2)59-7)53-16-14-51(5)15-17-53)21-46(3,4)26-60-45(58)35-10-9-13-55(50-35)44(57)36(20-39-48-37(28)25-61-39)49-43(56)40-33-23-52(6)24-34(33)40/h11-12,18-19,22,25,27,33-36,40,50H,8-10,13-17,20-21,23-24,26H2,1-7H3,(H,49,56)/t27-,33-,34+,35-,36-,40?/m0/s1. The van der Waals surface area contributed by atoms with Gasteiger partial charge >= 0.3 is 5.97 Å². The predicted molar refractivity (Wildman–Crippen MR) is 237 cm³/mol. The first kappa shape index (κ1) is 41.9. The molecule has 61 heavy (non-hydrogen) atoms. The highest BCUT2D eigenvalue weighted by molar-refractivity contribution is 7.10. The fourth-order valence-electron chi connectivity index (χ4n) is 10.2. The van der Waals surface area contributed by atoms with Gasteiger partial charge in [0.1, 0.15) is 12.1 Å². The third-order valence-electron chi connectivity index (χ3n) is 13.8. The minimum absolute atomic E-state index is 0.0721. The van der Waals surface area contributed by atoms with Crippen LogP contribution in [0.15, 0.2) is 35.8 Å². The number of carbonyl (C=O) groups is 3. The monoisotopic (exact) mass is 851 g/mol. The number of esters is 1. The molecule has 0 spiro atoms. The van der Waals surface area contributed by atoms with Crippen LogP contribution in [0.4, 0.5) is 5.69 Å². The van der Waals surface area contributed by atoms with Gasteiger partial charge in [-0.15, -0.1) is 11.3 Å². The molecule has 1 aromatic carbocycles. The van der Waals surface area contributed by atoms with E-state index in [1.54, 1.807) is 7.11 Å². The molecule has 3 aromatic heterocycles. The Morgan fingerprint density at radius 1 is 1.08 bits per heavy atom. The Balaban J connectivity index is 1.14. The molecule has 0 radical (unpaired) electrons. The molecule has 14 nitrogen and oxygen atoms in total. The van der Waals surface area contributed by atoms with E-state index in [1.807, 2.05) is 6.20 Å². The third-order valence-corrected chi connectivity index (χ3v) is 14.6.